The summed E-state index contributed by atoms with van der Waals surface area (Å²) in [4.78, 5) is 12.6. The lowest BCUT2D eigenvalue weighted by Crippen LogP contribution is -2.06. The van der Waals surface area contributed by atoms with E-state index in [0.717, 1.165) is 35.5 Å². The molecule has 0 aliphatic carbocycles. The van der Waals surface area contributed by atoms with Crippen molar-refractivity contribution in [3.8, 4) is 11.5 Å². The number of aromatic nitrogens is 3. The van der Waals surface area contributed by atoms with E-state index >= 15 is 0 Å². The van der Waals surface area contributed by atoms with Gasteiger partial charge in [-0.1, -0.05) is 24.8 Å². The van der Waals surface area contributed by atoms with E-state index in [1.807, 2.05) is 38.1 Å². The summed E-state index contributed by atoms with van der Waals surface area (Å²) < 4.78 is 7.93. The maximum atomic E-state index is 12.6. The van der Waals surface area contributed by atoms with Gasteiger partial charge in [0.15, 0.2) is 5.78 Å². The van der Waals surface area contributed by atoms with E-state index in [1.165, 1.54) is 22.9 Å². The van der Waals surface area contributed by atoms with Crippen LogP contribution in [0.3, 0.4) is 0 Å². The molecule has 27 heavy (non-hydrogen) atoms. The van der Waals surface area contributed by atoms with Gasteiger partial charge in [0.2, 0.25) is 5.89 Å². The second-order valence-electron chi connectivity index (χ2n) is 6.82. The molecule has 0 aliphatic rings. The van der Waals surface area contributed by atoms with Crippen LogP contribution in [0.25, 0.3) is 11.5 Å². The summed E-state index contributed by atoms with van der Waals surface area (Å²) in [5.41, 5.74) is 6.23. The Hall–Kier alpha value is -2.34. The highest BCUT2D eigenvalue weighted by Gasteiger charge is 2.17. The molecule has 0 unspecified atom stereocenters. The number of ketones is 1. The molecular weight excluding hydrogens is 358 g/mol. The van der Waals surface area contributed by atoms with E-state index in [1.54, 1.807) is 0 Å². The summed E-state index contributed by atoms with van der Waals surface area (Å²) in [5.74, 6) is 0.848. The van der Waals surface area contributed by atoms with Gasteiger partial charge in [-0.15, -0.1) is 10.2 Å². The van der Waals surface area contributed by atoms with Crippen LogP contribution in [0.15, 0.2) is 33.9 Å². The lowest BCUT2D eigenvalue weighted by molar-refractivity contribution is 0.102. The lowest BCUT2D eigenvalue weighted by atomic mass is 10.1. The first-order chi connectivity index (χ1) is 12.9. The Morgan fingerprint density at radius 1 is 1.11 bits per heavy atom. The number of hydrogen-bond donors (Lipinski definition) is 0. The van der Waals surface area contributed by atoms with Gasteiger partial charge in [-0.3, -0.25) is 4.79 Å². The van der Waals surface area contributed by atoms with Gasteiger partial charge in [-0.25, -0.2) is 0 Å². The van der Waals surface area contributed by atoms with Gasteiger partial charge in [-0.05, 0) is 63.4 Å². The normalized spacial score (nSPS) is 11.1. The van der Waals surface area contributed by atoms with E-state index < -0.39 is 0 Å². The molecule has 2 heterocycles. The highest BCUT2D eigenvalue weighted by Crippen LogP contribution is 2.26. The summed E-state index contributed by atoms with van der Waals surface area (Å²) in [6, 6.07) is 8.02. The first-order valence-electron chi connectivity index (χ1n) is 9.14. The van der Waals surface area contributed by atoms with Crippen molar-refractivity contribution >= 4 is 17.5 Å². The molecule has 0 saturated heterocycles. The molecule has 0 saturated carbocycles. The van der Waals surface area contributed by atoms with Crippen LogP contribution in [-0.4, -0.2) is 26.3 Å². The van der Waals surface area contributed by atoms with Crippen molar-refractivity contribution in [1.82, 2.24) is 14.8 Å². The molecule has 0 aliphatic heterocycles. The summed E-state index contributed by atoms with van der Waals surface area (Å²) >= 11 is 1.28. The van der Waals surface area contributed by atoms with E-state index in [2.05, 4.69) is 35.5 Å². The van der Waals surface area contributed by atoms with Crippen molar-refractivity contribution in [3.05, 3.63) is 52.3 Å². The van der Waals surface area contributed by atoms with Crippen molar-refractivity contribution in [2.75, 3.05) is 5.75 Å². The standard InChI is InChI=1S/C21H25N3O2S/c1-6-9-24-15(4)11-18(16(24)5)19(25)12-27-21-23-22-20(26-21)17-8-7-13(2)14(3)10-17/h7-8,10-11H,6,9,12H2,1-5H3. The molecule has 1 aromatic carbocycles. The maximum Gasteiger partial charge on any atom is 0.277 e. The van der Waals surface area contributed by atoms with Crippen molar-refractivity contribution in [1.29, 1.82) is 0 Å². The van der Waals surface area contributed by atoms with Crippen LogP contribution < -0.4 is 0 Å². The molecule has 2 aromatic heterocycles. The maximum absolute atomic E-state index is 12.6. The largest absolute Gasteiger partial charge is 0.411 e. The fourth-order valence-electron chi connectivity index (χ4n) is 3.12. The SMILES string of the molecule is CCCn1c(C)cc(C(=O)CSc2nnc(-c3ccc(C)c(C)c3)o2)c1C. The molecule has 3 rings (SSSR count). The Balaban J connectivity index is 1.69. The quantitative estimate of drug-likeness (QED) is 0.417. The molecule has 6 heteroatoms. The number of Topliss-reactive ketones (excluding diaryl/α,β-unsaturated/α-hetero) is 1. The number of aryl methyl sites for hydroxylation is 3. The molecule has 0 radical (unpaired) electrons. The zero-order valence-corrected chi connectivity index (χ0v) is 17.3. The fraction of sp³-hybridized carbons (Fsp3) is 0.381. The van der Waals surface area contributed by atoms with Gasteiger partial charge in [0.1, 0.15) is 0 Å². The second-order valence-corrected chi connectivity index (χ2v) is 7.75. The van der Waals surface area contributed by atoms with Gasteiger partial charge < -0.3 is 8.98 Å². The van der Waals surface area contributed by atoms with Gasteiger partial charge in [-0.2, -0.15) is 0 Å². The minimum absolute atomic E-state index is 0.0846. The molecule has 0 bridgehead atoms. The van der Waals surface area contributed by atoms with Crippen molar-refractivity contribution in [2.24, 2.45) is 0 Å². The summed E-state index contributed by atoms with van der Waals surface area (Å²) in [7, 11) is 0. The third-order valence-corrected chi connectivity index (χ3v) is 5.63. The van der Waals surface area contributed by atoms with E-state index in [-0.39, 0.29) is 11.5 Å². The van der Waals surface area contributed by atoms with Crippen LogP contribution in [0.5, 0.6) is 0 Å². The molecule has 5 nitrogen and oxygen atoms in total. The molecule has 0 atom stereocenters. The molecular formula is C21H25N3O2S. The predicted molar refractivity (Wildman–Crippen MR) is 108 cm³/mol. The lowest BCUT2D eigenvalue weighted by Gasteiger charge is -2.07. The number of nitrogens with zero attached hydrogens (tertiary/aromatic N) is 3. The highest BCUT2D eigenvalue weighted by atomic mass is 32.2. The highest BCUT2D eigenvalue weighted by molar-refractivity contribution is 7.99. The Morgan fingerprint density at radius 3 is 2.59 bits per heavy atom. The number of carbonyl (C=O) groups excluding carboxylic acids is 1. The minimum atomic E-state index is 0.0846. The zero-order chi connectivity index (χ0) is 19.6. The number of benzene rings is 1. The third kappa shape index (κ3) is 4.16. The number of rotatable bonds is 7. The summed E-state index contributed by atoms with van der Waals surface area (Å²) in [5, 5.41) is 8.60. The number of carbonyl (C=O) groups is 1. The Kier molecular flexibility index (Phi) is 5.85. The molecule has 0 N–H and O–H groups in total. The molecule has 0 amide bonds. The van der Waals surface area contributed by atoms with Gasteiger partial charge in [0, 0.05) is 29.1 Å². The molecule has 3 aromatic rings. The zero-order valence-electron chi connectivity index (χ0n) is 16.5. The fourth-order valence-corrected chi connectivity index (χ4v) is 3.76. The summed E-state index contributed by atoms with van der Waals surface area (Å²) in [6.07, 6.45) is 1.04. The van der Waals surface area contributed by atoms with E-state index in [0.29, 0.717) is 11.1 Å². The third-order valence-electron chi connectivity index (χ3n) is 4.81. The average molecular weight is 384 g/mol. The monoisotopic (exact) mass is 383 g/mol. The summed E-state index contributed by atoms with van der Waals surface area (Å²) in [6.45, 7) is 11.2. The second kappa shape index (κ2) is 8.13. The smallest absolute Gasteiger partial charge is 0.277 e. The predicted octanol–water partition coefficient (Wildman–Crippen LogP) is 5.16. The molecule has 142 valence electrons. The van der Waals surface area contributed by atoms with Crippen LogP contribution >= 0.6 is 11.8 Å². The van der Waals surface area contributed by atoms with Crippen LogP contribution in [0.1, 0.15) is 46.2 Å². The van der Waals surface area contributed by atoms with E-state index in [9.17, 15) is 4.79 Å². The topological polar surface area (TPSA) is 60.9 Å². The van der Waals surface area contributed by atoms with Gasteiger partial charge in [0.25, 0.3) is 5.22 Å². The number of thioether (sulfide) groups is 1. The Labute approximate surface area is 164 Å². The average Bonchev–Trinajstić information content (AvgIpc) is 3.22. The Bertz CT molecular complexity index is 972. The van der Waals surface area contributed by atoms with Crippen molar-refractivity contribution in [3.63, 3.8) is 0 Å². The van der Waals surface area contributed by atoms with Gasteiger partial charge in [0.05, 0.1) is 5.75 Å². The Morgan fingerprint density at radius 2 is 1.89 bits per heavy atom. The first-order valence-corrected chi connectivity index (χ1v) is 10.1. The molecule has 0 spiro atoms. The first kappa shape index (κ1) is 19.4. The van der Waals surface area contributed by atoms with Crippen LogP contribution in [0.4, 0.5) is 0 Å². The number of hydrogen-bond acceptors (Lipinski definition) is 5. The minimum Gasteiger partial charge on any atom is -0.411 e. The molecule has 0 fully saturated rings. The van der Waals surface area contributed by atoms with Crippen LogP contribution in [0.2, 0.25) is 0 Å². The van der Waals surface area contributed by atoms with Gasteiger partial charge >= 0.3 is 0 Å². The van der Waals surface area contributed by atoms with Crippen molar-refractivity contribution in [2.45, 2.75) is 52.8 Å². The van der Waals surface area contributed by atoms with Crippen LogP contribution in [-0.2, 0) is 6.54 Å². The van der Waals surface area contributed by atoms with Crippen molar-refractivity contribution < 1.29 is 9.21 Å². The van der Waals surface area contributed by atoms with E-state index in [4.69, 9.17) is 4.42 Å². The van der Waals surface area contributed by atoms with Crippen LogP contribution in [0, 0.1) is 27.7 Å².